The van der Waals surface area contributed by atoms with Crippen molar-refractivity contribution < 1.29 is 28.6 Å². The molecule has 9 nitrogen and oxygen atoms in total. The fourth-order valence-corrected chi connectivity index (χ4v) is 4.85. The predicted octanol–water partition coefficient (Wildman–Crippen LogP) is 4.81. The van der Waals surface area contributed by atoms with Crippen LogP contribution in [0.4, 0.5) is 9.59 Å². The molecule has 1 heterocycles. The smallest absolute Gasteiger partial charge is 0.416 e. The summed E-state index contributed by atoms with van der Waals surface area (Å²) < 4.78 is 16.6. The highest BCUT2D eigenvalue weighted by Gasteiger charge is 2.40. The van der Waals surface area contributed by atoms with Crippen molar-refractivity contribution in [3.8, 4) is 11.5 Å². The minimum absolute atomic E-state index is 0.0796. The number of benzene rings is 1. The van der Waals surface area contributed by atoms with Crippen LogP contribution in [0.1, 0.15) is 77.7 Å². The first-order valence-corrected chi connectivity index (χ1v) is 12.5. The zero-order chi connectivity index (χ0) is 25.1. The molecule has 3 N–H and O–H groups in total. The molecular weight excluding hydrogens is 450 g/mol. The molecule has 35 heavy (non-hydrogen) atoms. The van der Waals surface area contributed by atoms with E-state index < -0.39 is 23.3 Å². The second kappa shape index (κ2) is 10.4. The summed E-state index contributed by atoms with van der Waals surface area (Å²) in [6.45, 7) is 5.46. The zero-order valence-electron chi connectivity index (χ0n) is 21.1. The monoisotopic (exact) mass is 487 g/mol. The summed E-state index contributed by atoms with van der Waals surface area (Å²) in [6.07, 6.45) is 8.29. The number of methoxy groups -OCH3 is 1. The molecular formula is C26H37N3O6. The molecule has 2 aliphatic carbocycles. The van der Waals surface area contributed by atoms with Crippen LogP contribution in [0.2, 0.25) is 0 Å². The van der Waals surface area contributed by atoms with Gasteiger partial charge in [-0.2, -0.15) is 0 Å². The van der Waals surface area contributed by atoms with E-state index in [9.17, 15) is 9.59 Å². The van der Waals surface area contributed by atoms with Gasteiger partial charge in [0.15, 0.2) is 11.5 Å². The molecule has 0 aromatic heterocycles. The van der Waals surface area contributed by atoms with E-state index in [2.05, 4.69) is 22.2 Å². The van der Waals surface area contributed by atoms with E-state index >= 15 is 0 Å². The normalized spacial score (nSPS) is 24.5. The van der Waals surface area contributed by atoms with Crippen LogP contribution in [0.3, 0.4) is 0 Å². The van der Waals surface area contributed by atoms with Crippen LogP contribution >= 0.6 is 0 Å². The van der Waals surface area contributed by atoms with Crippen LogP contribution in [0.25, 0.3) is 5.70 Å². The number of ether oxygens (including phenoxy) is 3. The SMILES string of the molecule is COc1ccc(C2=CC3(CCC(NC(=O)OC(=O)NC(C)(C)C)CC3)ON2)cc1OC1CCCC1. The van der Waals surface area contributed by atoms with Crippen molar-refractivity contribution >= 4 is 17.9 Å². The minimum atomic E-state index is -0.756. The largest absolute Gasteiger partial charge is 0.493 e. The lowest BCUT2D eigenvalue weighted by Gasteiger charge is -2.34. The van der Waals surface area contributed by atoms with Gasteiger partial charge < -0.3 is 24.8 Å². The van der Waals surface area contributed by atoms with Crippen molar-refractivity contribution in [1.82, 2.24) is 16.1 Å². The summed E-state index contributed by atoms with van der Waals surface area (Å²) in [6, 6.07) is 5.84. The number of carbonyl (C=O) groups is 2. The molecule has 9 heteroatoms. The van der Waals surface area contributed by atoms with Gasteiger partial charge in [0, 0.05) is 17.1 Å². The summed E-state index contributed by atoms with van der Waals surface area (Å²) >= 11 is 0. The first-order chi connectivity index (χ1) is 16.6. The van der Waals surface area contributed by atoms with Gasteiger partial charge >= 0.3 is 12.2 Å². The highest BCUT2D eigenvalue weighted by molar-refractivity contribution is 5.83. The lowest BCUT2D eigenvalue weighted by atomic mass is 9.81. The third kappa shape index (κ3) is 6.60. The van der Waals surface area contributed by atoms with Gasteiger partial charge in [-0.05, 0) is 96.4 Å². The summed E-state index contributed by atoms with van der Waals surface area (Å²) in [5.41, 5.74) is 4.06. The van der Waals surface area contributed by atoms with Crippen molar-refractivity contribution in [1.29, 1.82) is 0 Å². The number of hydroxylamine groups is 1. The van der Waals surface area contributed by atoms with Crippen molar-refractivity contribution in [3.63, 3.8) is 0 Å². The molecule has 1 spiro atoms. The summed E-state index contributed by atoms with van der Waals surface area (Å²) in [4.78, 5) is 29.9. The van der Waals surface area contributed by atoms with E-state index in [0.29, 0.717) is 12.8 Å². The van der Waals surface area contributed by atoms with E-state index in [1.807, 2.05) is 39.0 Å². The molecule has 2 saturated carbocycles. The van der Waals surface area contributed by atoms with Crippen LogP contribution in [0.15, 0.2) is 24.3 Å². The number of hydrogen-bond acceptors (Lipinski definition) is 7. The minimum Gasteiger partial charge on any atom is -0.493 e. The summed E-state index contributed by atoms with van der Waals surface area (Å²) in [5, 5.41) is 5.39. The molecule has 1 aromatic rings. The second-order valence-electron chi connectivity index (χ2n) is 10.7. The van der Waals surface area contributed by atoms with Crippen molar-refractivity contribution in [2.75, 3.05) is 7.11 Å². The average molecular weight is 488 g/mol. The maximum atomic E-state index is 12.1. The number of amides is 2. The second-order valence-corrected chi connectivity index (χ2v) is 10.7. The van der Waals surface area contributed by atoms with E-state index in [-0.39, 0.29) is 12.1 Å². The van der Waals surface area contributed by atoms with E-state index in [4.69, 9.17) is 19.0 Å². The highest BCUT2D eigenvalue weighted by atomic mass is 16.7. The Morgan fingerprint density at radius 2 is 1.77 bits per heavy atom. The number of nitrogens with one attached hydrogen (secondary N) is 3. The maximum Gasteiger partial charge on any atom is 0.416 e. The molecule has 0 radical (unpaired) electrons. The van der Waals surface area contributed by atoms with Gasteiger partial charge in [0.05, 0.1) is 18.9 Å². The Kier molecular flexibility index (Phi) is 7.44. The molecule has 0 atom stereocenters. The molecule has 1 aliphatic heterocycles. The maximum absolute atomic E-state index is 12.1. The van der Waals surface area contributed by atoms with Crippen LogP contribution in [-0.2, 0) is 9.57 Å². The van der Waals surface area contributed by atoms with Crippen molar-refractivity contribution in [3.05, 3.63) is 29.8 Å². The van der Waals surface area contributed by atoms with Gasteiger partial charge in [0.25, 0.3) is 0 Å². The zero-order valence-corrected chi connectivity index (χ0v) is 21.1. The molecule has 4 rings (SSSR count). The summed E-state index contributed by atoms with van der Waals surface area (Å²) in [7, 11) is 1.65. The Morgan fingerprint density at radius 3 is 2.43 bits per heavy atom. The first-order valence-electron chi connectivity index (χ1n) is 12.5. The Morgan fingerprint density at radius 1 is 1.06 bits per heavy atom. The fraction of sp³-hybridized carbons (Fsp3) is 0.615. The van der Waals surface area contributed by atoms with Gasteiger partial charge in [-0.1, -0.05) is 0 Å². The fourth-order valence-electron chi connectivity index (χ4n) is 4.85. The number of hydrogen-bond donors (Lipinski definition) is 3. The Labute approximate surface area is 206 Å². The molecule has 0 unspecified atom stereocenters. The third-order valence-corrected chi connectivity index (χ3v) is 6.66. The first kappa shape index (κ1) is 25.2. The third-order valence-electron chi connectivity index (χ3n) is 6.66. The van der Waals surface area contributed by atoms with Gasteiger partial charge in [0.1, 0.15) is 5.60 Å². The predicted molar refractivity (Wildman–Crippen MR) is 131 cm³/mol. The molecule has 3 aliphatic rings. The van der Waals surface area contributed by atoms with Gasteiger partial charge in [0.2, 0.25) is 0 Å². The molecule has 192 valence electrons. The van der Waals surface area contributed by atoms with Crippen molar-refractivity contribution in [2.24, 2.45) is 0 Å². The number of alkyl carbamates (subject to hydrolysis) is 2. The van der Waals surface area contributed by atoms with Gasteiger partial charge in [-0.3, -0.25) is 10.3 Å². The standard InChI is InChI=1S/C26H37N3O6/c1-25(2,3)28-24(31)34-23(30)27-18-11-13-26(14-12-18)16-20(29-35-26)17-9-10-21(32-4)22(15-17)33-19-7-5-6-8-19/h9-10,15-16,18-19,29H,5-8,11-14H2,1-4H3,(H,27,30)(H,28,31). The number of carbonyl (C=O) groups excluding carboxylic acids is 2. The quantitative estimate of drug-likeness (QED) is 0.512. The molecule has 2 fully saturated rings. The Bertz CT molecular complexity index is 956. The Hall–Kier alpha value is -2.94. The van der Waals surface area contributed by atoms with Gasteiger partial charge in [-0.15, -0.1) is 0 Å². The average Bonchev–Trinajstić information content (AvgIpc) is 3.44. The molecule has 2 amide bonds. The topological polar surface area (TPSA) is 107 Å². The molecule has 1 aromatic carbocycles. The van der Waals surface area contributed by atoms with Crippen molar-refractivity contribution in [2.45, 2.75) is 95.4 Å². The van der Waals surface area contributed by atoms with E-state index in [0.717, 1.165) is 48.4 Å². The molecule has 0 saturated heterocycles. The molecule has 0 bridgehead atoms. The summed E-state index contributed by atoms with van der Waals surface area (Å²) in [5.74, 6) is 1.48. The van der Waals surface area contributed by atoms with E-state index in [1.54, 1.807) is 7.11 Å². The van der Waals surface area contributed by atoms with Crippen LogP contribution in [0.5, 0.6) is 11.5 Å². The highest BCUT2D eigenvalue weighted by Crippen LogP contribution is 2.40. The van der Waals surface area contributed by atoms with E-state index in [1.165, 1.54) is 12.8 Å². The lowest BCUT2D eigenvalue weighted by Crippen LogP contribution is -2.46. The van der Waals surface area contributed by atoms with Crippen LogP contribution in [0, 0.1) is 0 Å². The Balaban J connectivity index is 1.33. The van der Waals surface area contributed by atoms with Crippen LogP contribution in [-0.4, -0.2) is 42.6 Å². The number of rotatable bonds is 5. The van der Waals surface area contributed by atoms with Gasteiger partial charge in [-0.25, -0.2) is 9.59 Å². The van der Waals surface area contributed by atoms with Crippen LogP contribution < -0.4 is 25.6 Å². The lowest BCUT2D eigenvalue weighted by molar-refractivity contribution is -0.0596.